The zero-order valence-corrected chi connectivity index (χ0v) is 13.4. The first-order valence-electron chi connectivity index (χ1n) is 7.35. The number of hydrogen-bond acceptors (Lipinski definition) is 4. The third-order valence-corrected chi connectivity index (χ3v) is 5.00. The van der Waals surface area contributed by atoms with E-state index in [2.05, 4.69) is 17.4 Å². The van der Waals surface area contributed by atoms with Crippen molar-refractivity contribution in [2.24, 2.45) is 5.92 Å². The van der Waals surface area contributed by atoms with Gasteiger partial charge in [0.2, 0.25) is 5.91 Å². The largest absolute Gasteiger partial charge is 0.361 e. The summed E-state index contributed by atoms with van der Waals surface area (Å²) in [5.41, 5.74) is 2.05. The molecule has 0 atom stereocenters. The van der Waals surface area contributed by atoms with Gasteiger partial charge in [0.15, 0.2) is 0 Å². The van der Waals surface area contributed by atoms with Crippen LogP contribution in [0, 0.1) is 19.8 Å². The number of amides is 1. The van der Waals surface area contributed by atoms with E-state index in [4.69, 9.17) is 4.52 Å². The molecule has 0 radical (unpaired) electrons. The molecule has 0 spiro atoms. The van der Waals surface area contributed by atoms with Gasteiger partial charge >= 0.3 is 0 Å². The average molecular weight is 296 g/mol. The van der Waals surface area contributed by atoms with Gasteiger partial charge in [0.05, 0.1) is 11.4 Å². The lowest BCUT2D eigenvalue weighted by molar-refractivity contribution is -0.119. The second-order valence-corrected chi connectivity index (χ2v) is 6.81. The number of rotatable bonds is 5. The number of nitrogens with one attached hydrogen (secondary N) is 1. The van der Waals surface area contributed by atoms with Crippen LogP contribution in [-0.4, -0.2) is 22.9 Å². The van der Waals surface area contributed by atoms with E-state index in [0.717, 1.165) is 41.5 Å². The molecule has 0 saturated heterocycles. The summed E-state index contributed by atoms with van der Waals surface area (Å²) >= 11 is 1.62. The van der Waals surface area contributed by atoms with Crippen LogP contribution < -0.4 is 5.32 Å². The molecule has 1 saturated carbocycles. The Balaban J connectivity index is 1.68. The molecule has 1 aliphatic carbocycles. The van der Waals surface area contributed by atoms with Crippen LogP contribution in [0.25, 0.3) is 0 Å². The van der Waals surface area contributed by atoms with E-state index in [-0.39, 0.29) is 5.91 Å². The smallest absolute Gasteiger partial charge is 0.230 e. The van der Waals surface area contributed by atoms with Gasteiger partial charge in [-0.1, -0.05) is 12.1 Å². The standard InChI is InChI=1S/C15H24N2O2S/c1-10-4-6-13(7-5-10)16-15(18)9-20-8-14-11(2)17-19-12(14)3/h10,13H,4-9H2,1-3H3,(H,16,18). The van der Waals surface area contributed by atoms with Crippen LogP contribution in [0.5, 0.6) is 0 Å². The van der Waals surface area contributed by atoms with E-state index in [1.54, 1.807) is 11.8 Å². The van der Waals surface area contributed by atoms with Gasteiger partial charge < -0.3 is 9.84 Å². The number of thioether (sulfide) groups is 1. The van der Waals surface area contributed by atoms with Crippen molar-refractivity contribution in [3.63, 3.8) is 0 Å². The van der Waals surface area contributed by atoms with Crippen molar-refractivity contribution < 1.29 is 9.32 Å². The molecule has 1 N–H and O–H groups in total. The highest BCUT2D eigenvalue weighted by Gasteiger charge is 2.19. The summed E-state index contributed by atoms with van der Waals surface area (Å²) in [6.07, 6.45) is 4.72. The molecule has 0 aliphatic heterocycles. The van der Waals surface area contributed by atoms with Gasteiger partial charge in [-0.3, -0.25) is 4.79 Å². The Labute approximate surface area is 125 Å². The van der Waals surface area contributed by atoms with E-state index in [9.17, 15) is 4.79 Å². The van der Waals surface area contributed by atoms with Crippen molar-refractivity contribution in [1.82, 2.24) is 10.5 Å². The molecule has 1 aromatic heterocycles. The molecule has 1 amide bonds. The summed E-state index contributed by atoms with van der Waals surface area (Å²) in [4.78, 5) is 11.9. The van der Waals surface area contributed by atoms with Gasteiger partial charge in [0, 0.05) is 17.4 Å². The number of nitrogens with zero attached hydrogens (tertiary/aromatic N) is 1. The number of hydrogen-bond donors (Lipinski definition) is 1. The first-order chi connectivity index (χ1) is 9.56. The van der Waals surface area contributed by atoms with Crippen LogP contribution in [0.3, 0.4) is 0 Å². The molecule has 1 fully saturated rings. The molecule has 0 aromatic carbocycles. The maximum Gasteiger partial charge on any atom is 0.230 e. The third kappa shape index (κ3) is 4.27. The molecule has 0 unspecified atom stereocenters. The average Bonchev–Trinajstić information content (AvgIpc) is 2.73. The second-order valence-electron chi connectivity index (χ2n) is 5.82. The van der Waals surface area contributed by atoms with Crippen LogP contribution in [0.4, 0.5) is 0 Å². The summed E-state index contributed by atoms with van der Waals surface area (Å²) in [5, 5.41) is 7.08. The van der Waals surface area contributed by atoms with Gasteiger partial charge in [-0.15, -0.1) is 11.8 Å². The van der Waals surface area contributed by atoms with Gasteiger partial charge in [0.25, 0.3) is 0 Å². The highest BCUT2D eigenvalue weighted by Crippen LogP contribution is 2.24. The minimum Gasteiger partial charge on any atom is -0.361 e. The van der Waals surface area contributed by atoms with Crippen LogP contribution in [0.2, 0.25) is 0 Å². The summed E-state index contributed by atoms with van der Waals surface area (Å²) in [6, 6.07) is 0.387. The Kier molecular flexibility index (Phi) is 5.52. The Morgan fingerprint density at radius 2 is 2.05 bits per heavy atom. The Hall–Kier alpha value is -0.970. The molecular formula is C15H24N2O2S. The molecule has 4 nitrogen and oxygen atoms in total. The van der Waals surface area contributed by atoms with E-state index < -0.39 is 0 Å². The monoisotopic (exact) mass is 296 g/mol. The first kappa shape index (κ1) is 15.4. The minimum absolute atomic E-state index is 0.154. The fraction of sp³-hybridized carbons (Fsp3) is 0.733. The van der Waals surface area contributed by atoms with E-state index in [1.165, 1.54) is 12.8 Å². The summed E-state index contributed by atoms with van der Waals surface area (Å²) in [7, 11) is 0. The maximum absolute atomic E-state index is 11.9. The molecule has 1 heterocycles. The molecule has 5 heteroatoms. The lowest BCUT2D eigenvalue weighted by Crippen LogP contribution is -2.38. The van der Waals surface area contributed by atoms with E-state index in [1.807, 2.05) is 13.8 Å². The predicted molar refractivity (Wildman–Crippen MR) is 81.7 cm³/mol. The molecule has 1 aliphatic rings. The van der Waals surface area contributed by atoms with Crippen LogP contribution in [0.15, 0.2) is 4.52 Å². The normalized spacial score (nSPS) is 22.8. The first-order valence-corrected chi connectivity index (χ1v) is 8.50. The van der Waals surface area contributed by atoms with Gasteiger partial charge in [-0.05, 0) is 45.4 Å². The number of carbonyl (C=O) groups is 1. The van der Waals surface area contributed by atoms with Crippen molar-refractivity contribution in [2.45, 2.75) is 58.2 Å². The lowest BCUT2D eigenvalue weighted by atomic mass is 9.87. The fourth-order valence-corrected chi connectivity index (χ4v) is 3.61. The number of aromatic nitrogens is 1. The molecule has 0 bridgehead atoms. The van der Waals surface area contributed by atoms with Crippen molar-refractivity contribution >= 4 is 17.7 Å². The third-order valence-electron chi connectivity index (χ3n) is 4.04. The van der Waals surface area contributed by atoms with Crippen molar-refractivity contribution in [3.05, 3.63) is 17.0 Å². The van der Waals surface area contributed by atoms with Crippen molar-refractivity contribution in [2.75, 3.05) is 5.75 Å². The molecule has 112 valence electrons. The fourth-order valence-electron chi connectivity index (χ4n) is 2.63. The maximum atomic E-state index is 11.9. The zero-order chi connectivity index (χ0) is 14.5. The molecule has 2 rings (SSSR count). The Morgan fingerprint density at radius 3 is 2.65 bits per heavy atom. The summed E-state index contributed by atoms with van der Waals surface area (Å²) in [5.74, 6) is 3.13. The topological polar surface area (TPSA) is 55.1 Å². The SMILES string of the molecule is Cc1noc(C)c1CSCC(=O)NC1CCC(C)CC1. The van der Waals surface area contributed by atoms with E-state index >= 15 is 0 Å². The zero-order valence-electron chi connectivity index (χ0n) is 12.6. The number of aryl methyl sites for hydroxylation is 2. The Morgan fingerprint density at radius 1 is 1.35 bits per heavy atom. The predicted octanol–water partition coefficient (Wildman–Crippen LogP) is 3.22. The lowest BCUT2D eigenvalue weighted by Gasteiger charge is -2.26. The highest BCUT2D eigenvalue weighted by molar-refractivity contribution is 7.99. The molecular weight excluding hydrogens is 272 g/mol. The van der Waals surface area contributed by atoms with Crippen molar-refractivity contribution in [1.29, 1.82) is 0 Å². The summed E-state index contributed by atoms with van der Waals surface area (Å²) in [6.45, 7) is 6.15. The highest BCUT2D eigenvalue weighted by atomic mass is 32.2. The quantitative estimate of drug-likeness (QED) is 0.906. The van der Waals surface area contributed by atoms with Gasteiger partial charge in [0.1, 0.15) is 5.76 Å². The Bertz CT molecular complexity index is 431. The second kappa shape index (κ2) is 7.16. The van der Waals surface area contributed by atoms with Gasteiger partial charge in [-0.2, -0.15) is 0 Å². The van der Waals surface area contributed by atoms with Crippen LogP contribution in [-0.2, 0) is 10.5 Å². The van der Waals surface area contributed by atoms with Gasteiger partial charge in [-0.25, -0.2) is 0 Å². The number of carbonyl (C=O) groups excluding carboxylic acids is 1. The summed E-state index contributed by atoms with van der Waals surface area (Å²) < 4.78 is 5.12. The van der Waals surface area contributed by atoms with E-state index in [0.29, 0.717) is 11.8 Å². The van der Waals surface area contributed by atoms with Crippen LogP contribution in [0.1, 0.15) is 49.6 Å². The van der Waals surface area contributed by atoms with Crippen molar-refractivity contribution in [3.8, 4) is 0 Å². The minimum atomic E-state index is 0.154. The van der Waals surface area contributed by atoms with Crippen LogP contribution >= 0.6 is 11.8 Å². The molecule has 20 heavy (non-hydrogen) atoms. The molecule has 1 aromatic rings.